The summed E-state index contributed by atoms with van der Waals surface area (Å²) in [4.78, 5) is 7.15. The van der Waals surface area contributed by atoms with Gasteiger partial charge >= 0.3 is 0 Å². The van der Waals surface area contributed by atoms with Crippen molar-refractivity contribution in [3.05, 3.63) is 11.7 Å². The molecule has 0 bridgehead atoms. The van der Waals surface area contributed by atoms with E-state index in [4.69, 9.17) is 9.26 Å². The highest BCUT2D eigenvalue weighted by Gasteiger charge is 2.37. The summed E-state index contributed by atoms with van der Waals surface area (Å²) in [5.41, 5.74) is 0. The summed E-state index contributed by atoms with van der Waals surface area (Å²) in [5.74, 6) is 3.97. The van der Waals surface area contributed by atoms with E-state index in [2.05, 4.69) is 20.4 Å². The van der Waals surface area contributed by atoms with Crippen molar-refractivity contribution in [2.75, 3.05) is 38.2 Å². The van der Waals surface area contributed by atoms with Gasteiger partial charge in [-0.25, -0.2) is 0 Å². The van der Waals surface area contributed by atoms with Crippen molar-refractivity contribution >= 4 is 11.8 Å². The Balaban J connectivity index is 1.47. The number of hydrogen-bond donors (Lipinski definition) is 1. The standard InChI is InChI=1S/C14H22N4O2S/c1-15-11-8-21-7-10(11)14-16-13(17-20-14)12-5-18-4-2-3-9(18)6-19-12/h9-12,15H,2-8H2,1H3. The Labute approximate surface area is 129 Å². The molecule has 7 heteroatoms. The Bertz CT molecular complexity index is 497. The first kappa shape index (κ1) is 14.0. The molecule has 0 radical (unpaired) electrons. The van der Waals surface area contributed by atoms with Crippen molar-refractivity contribution in [1.82, 2.24) is 20.4 Å². The van der Waals surface area contributed by atoms with Crippen LogP contribution in [-0.2, 0) is 4.74 Å². The van der Waals surface area contributed by atoms with Crippen LogP contribution in [0.2, 0.25) is 0 Å². The van der Waals surface area contributed by atoms with Crippen LogP contribution in [0.1, 0.15) is 36.6 Å². The molecule has 1 aromatic rings. The topological polar surface area (TPSA) is 63.4 Å². The summed E-state index contributed by atoms with van der Waals surface area (Å²) in [6.07, 6.45) is 2.51. The van der Waals surface area contributed by atoms with Gasteiger partial charge in [0.05, 0.1) is 12.5 Å². The van der Waals surface area contributed by atoms with Gasteiger partial charge in [-0.2, -0.15) is 16.7 Å². The number of nitrogens with one attached hydrogen (secondary N) is 1. The minimum atomic E-state index is -0.0288. The van der Waals surface area contributed by atoms with Gasteiger partial charge in [-0.15, -0.1) is 0 Å². The molecule has 1 aromatic heterocycles. The van der Waals surface area contributed by atoms with E-state index in [0.29, 0.717) is 18.0 Å². The molecule has 3 aliphatic rings. The number of aromatic nitrogens is 2. The van der Waals surface area contributed by atoms with Gasteiger partial charge in [0.2, 0.25) is 11.7 Å². The molecule has 3 aliphatic heterocycles. The summed E-state index contributed by atoms with van der Waals surface area (Å²) in [6, 6.07) is 1.03. The van der Waals surface area contributed by atoms with Crippen molar-refractivity contribution in [3.8, 4) is 0 Å². The van der Waals surface area contributed by atoms with Crippen LogP contribution in [0.5, 0.6) is 0 Å². The van der Waals surface area contributed by atoms with E-state index >= 15 is 0 Å². The van der Waals surface area contributed by atoms with E-state index in [1.807, 2.05) is 18.8 Å². The molecule has 4 atom stereocenters. The third kappa shape index (κ3) is 2.60. The summed E-state index contributed by atoms with van der Waals surface area (Å²) in [5, 5.41) is 7.54. The van der Waals surface area contributed by atoms with Gasteiger partial charge in [-0.05, 0) is 26.4 Å². The van der Waals surface area contributed by atoms with Gasteiger partial charge in [0.15, 0.2) is 0 Å². The summed E-state index contributed by atoms with van der Waals surface area (Å²) in [7, 11) is 2.00. The molecule has 6 nitrogen and oxygen atoms in total. The SMILES string of the molecule is CNC1CSCC1c1nc(C2CN3CCCC3CO2)no1. The van der Waals surface area contributed by atoms with E-state index in [9.17, 15) is 0 Å². The monoisotopic (exact) mass is 310 g/mol. The van der Waals surface area contributed by atoms with Crippen LogP contribution in [0, 0.1) is 0 Å². The summed E-state index contributed by atoms with van der Waals surface area (Å²) >= 11 is 1.94. The van der Waals surface area contributed by atoms with Crippen molar-refractivity contribution in [1.29, 1.82) is 0 Å². The molecule has 1 N–H and O–H groups in total. The number of hydrogen-bond acceptors (Lipinski definition) is 7. The highest BCUT2D eigenvalue weighted by atomic mass is 32.2. The second-order valence-corrected chi connectivity index (χ2v) is 7.22. The normalized spacial score (nSPS) is 37.0. The van der Waals surface area contributed by atoms with Gasteiger partial charge in [0, 0.05) is 30.1 Å². The quantitative estimate of drug-likeness (QED) is 0.894. The second kappa shape index (κ2) is 5.87. The van der Waals surface area contributed by atoms with Crippen LogP contribution >= 0.6 is 11.8 Å². The number of ether oxygens (including phenoxy) is 1. The molecule has 0 spiro atoms. The minimum absolute atomic E-state index is 0.0288. The van der Waals surface area contributed by atoms with Crippen LogP contribution in [0.25, 0.3) is 0 Å². The van der Waals surface area contributed by atoms with Gasteiger partial charge in [0.25, 0.3) is 0 Å². The van der Waals surface area contributed by atoms with E-state index in [1.54, 1.807) is 0 Å². The van der Waals surface area contributed by atoms with Crippen LogP contribution < -0.4 is 5.32 Å². The molecule has 0 amide bonds. The van der Waals surface area contributed by atoms with Crippen molar-refractivity contribution in [2.24, 2.45) is 0 Å². The lowest BCUT2D eigenvalue weighted by molar-refractivity contribution is -0.0548. The highest BCUT2D eigenvalue weighted by Crippen LogP contribution is 2.33. The van der Waals surface area contributed by atoms with Crippen LogP contribution in [0.15, 0.2) is 4.52 Å². The number of nitrogens with zero attached hydrogens (tertiary/aromatic N) is 3. The fourth-order valence-corrected chi connectivity index (χ4v) is 5.00. The fourth-order valence-electron chi connectivity index (χ4n) is 3.58. The average Bonchev–Trinajstić information content (AvgIpc) is 3.24. The molecule has 0 aromatic carbocycles. The predicted octanol–water partition coefficient (Wildman–Crippen LogP) is 1.02. The predicted molar refractivity (Wildman–Crippen MR) is 80.5 cm³/mol. The number of fused-ring (bicyclic) bond motifs is 1. The maximum Gasteiger partial charge on any atom is 0.232 e. The molecule has 0 aliphatic carbocycles. The molecule has 4 unspecified atom stereocenters. The van der Waals surface area contributed by atoms with E-state index < -0.39 is 0 Å². The number of likely N-dealkylation sites (N-methyl/N-ethyl adjacent to an activating group) is 1. The lowest BCUT2D eigenvalue weighted by Gasteiger charge is -2.33. The van der Waals surface area contributed by atoms with E-state index in [0.717, 1.165) is 36.4 Å². The third-order valence-corrected chi connectivity index (χ3v) is 6.09. The summed E-state index contributed by atoms with van der Waals surface area (Å²) < 4.78 is 11.5. The van der Waals surface area contributed by atoms with Crippen LogP contribution in [-0.4, -0.2) is 65.4 Å². The first-order valence-corrected chi connectivity index (χ1v) is 8.95. The fraction of sp³-hybridized carbons (Fsp3) is 0.857. The van der Waals surface area contributed by atoms with Crippen molar-refractivity contribution in [3.63, 3.8) is 0 Å². The lowest BCUT2D eigenvalue weighted by Crippen LogP contribution is -2.42. The number of rotatable bonds is 3. The molecule has 0 saturated carbocycles. The van der Waals surface area contributed by atoms with Crippen LogP contribution in [0.3, 0.4) is 0 Å². The Morgan fingerprint density at radius 2 is 2.33 bits per heavy atom. The molecule has 116 valence electrons. The molecular weight excluding hydrogens is 288 g/mol. The second-order valence-electron chi connectivity index (χ2n) is 6.14. The summed E-state index contributed by atoms with van der Waals surface area (Å²) in [6.45, 7) is 2.88. The molecule has 3 fully saturated rings. The van der Waals surface area contributed by atoms with Gasteiger partial charge in [-0.1, -0.05) is 5.16 Å². The Hall–Kier alpha value is -0.630. The zero-order valence-electron chi connectivity index (χ0n) is 12.3. The maximum atomic E-state index is 5.96. The first-order valence-electron chi connectivity index (χ1n) is 7.79. The maximum absolute atomic E-state index is 5.96. The number of thioether (sulfide) groups is 1. The Morgan fingerprint density at radius 1 is 1.38 bits per heavy atom. The largest absolute Gasteiger partial charge is 0.367 e. The Kier molecular flexibility index (Phi) is 3.91. The third-order valence-electron chi connectivity index (χ3n) is 4.90. The van der Waals surface area contributed by atoms with Crippen molar-refractivity contribution in [2.45, 2.75) is 36.9 Å². The van der Waals surface area contributed by atoms with Gasteiger partial charge < -0.3 is 14.6 Å². The van der Waals surface area contributed by atoms with E-state index in [-0.39, 0.29) is 6.10 Å². The smallest absolute Gasteiger partial charge is 0.232 e. The zero-order chi connectivity index (χ0) is 14.2. The first-order chi connectivity index (χ1) is 10.3. The minimum Gasteiger partial charge on any atom is -0.367 e. The van der Waals surface area contributed by atoms with Crippen molar-refractivity contribution < 1.29 is 9.26 Å². The zero-order valence-corrected chi connectivity index (χ0v) is 13.1. The van der Waals surface area contributed by atoms with Gasteiger partial charge in [-0.3, -0.25) is 4.90 Å². The molecule has 4 heterocycles. The highest BCUT2D eigenvalue weighted by molar-refractivity contribution is 7.99. The Morgan fingerprint density at radius 3 is 3.24 bits per heavy atom. The van der Waals surface area contributed by atoms with Gasteiger partial charge in [0.1, 0.15) is 6.10 Å². The molecule has 4 rings (SSSR count). The number of morpholine rings is 1. The molecular formula is C14H22N4O2S. The van der Waals surface area contributed by atoms with Crippen LogP contribution in [0.4, 0.5) is 0 Å². The van der Waals surface area contributed by atoms with E-state index in [1.165, 1.54) is 19.4 Å². The average molecular weight is 310 g/mol. The molecule has 21 heavy (non-hydrogen) atoms. The lowest BCUT2D eigenvalue weighted by atomic mass is 10.0. The molecule has 3 saturated heterocycles.